The average molecular weight is 383 g/mol. The van der Waals surface area contributed by atoms with Crippen molar-refractivity contribution in [1.82, 2.24) is 5.32 Å². The van der Waals surface area contributed by atoms with Crippen LogP contribution in [0.25, 0.3) is 6.08 Å². The first-order valence-electron chi connectivity index (χ1n) is 7.72. The highest BCUT2D eigenvalue weighted by Crippen LogP contribution is 2.31. The number of nitro benzene ring substituents is 1. The van der Waals surface area contributed by atoms with Gasteiger partial charge in [-0.1, -0.05) is 18.2 Å². The zero-order valence-electron chi connectivity index (χ0n) is 14.0. The molecule has 0 bridgehead atoms. The second kappa shape index (κ2) is 7.42. The number of nitrogens with zero attached hydrogens (tertiary/aromatic N) is 2. The predicted molar refractivity (Wildman–Crippen MR) is 102 cm³/mol. The predicted octanol–water partition coefficient (Wildman–Crippen LogP) is 3.49. The molecule has 1 saturated heterocycles. The molecule has 2 aromatic rings. The Morgan fingerprint density at radius 1 is 1.30 bits per heavy atom. The molecule has 8 nitrogen and oxygen atoms in total. The fraction of sp³-hybridized carbons (Fsp3) is 0.0556. The Hall–Kier alpha value is -3.46. The first-order chi connectivity index (χ1) is 12.8. The summed E-state index contributed by atoms with van der Waals surface area (Å²) in [4.78, 5) is 38.6. The lowest BCUT2D eigenvalue weighted by molar-refractivity contribution is -0.385. The molecule has 1 amide bonds. The normalized spacial score (nSPS) is 16.6. The molecule has 136 valence electrons. The second-order valence-corrected chi connectivity index (χ2v) is 6.65. The largest absolute Gasteiger partial charge is 0.478 e. The number of thioether (sulfide) groups is 1. The zero-order chi connectivity index (χ0) is 19.6. The zero-order valence-corrected chi connectivity index (χ0v) is 14.8. The molecule has 1 heterocycles. The van der Waals surface area contributed by atoms with Crippen LogP contribution >= 0.6 is 11.8 Å². The van der Waals surface area contributed by atoms with Crippen molar-refractivity contribution < 1.29 is 19.6 Å². The van der Waals surface area contributed by atoms with Gasteiger partial charge in [-0.25, -0.2) is 9.79 Å². The maximum Gasteiger partial charge on any atom is 0.337 e. The molecule has 0 unspecified atom stereocenters. The van der Waals surface area contributed by atoms with Crippen LogP contribution < -0.4 is 5.32 Å². The third kappa shape index (κ3) is 4.04. The van der Waals surface area contributed by atoms with Crippen molar-refractivity contribution in [2.75, 3.05) is 0 Å². The minimum atomic E-state index is -1.13. The van der Waals surface area contributed by atoms with Gasteiger partial charge in [-0.15, -0.1) is 0 Å². The third-order valence-corrected chi connectivity index (χ3v) is 4.59. The maximum absolute atomic E-state index is 12.2. The van der Waals surface area contributed by atoms with E-state index in [1.54, 1.807) is 31.2 Å². The molecule has 9 heteroatoms. The standard InChI is InChI=1S/C18H13N3O5S/c1-10-6-7-12(17(23)24)13(8-10)19-18-20-16(22)15(27-18)9-11-4-2-3-5-14(11)21(25)26/h2-9H,1H3,(H,23,24)(H,19,20,22)/b15-9-. The Morgan fingerprint density at radius 3 is 2.74 bits per heavy atom. The summed E-state index contributed by atoms with van der Waals surface area (Å²) in [5.41, 5.74) is 1.24. The van der Waals surface area contributed by atoms with E-state index in [9.17, 15) is 24.8 Å². The molecule has 27 heavy (non-hydrogen) atoms. The number of carboxylic acids is 1. The number of nitrogens with one attached hydrogen (secondary N) is 1. The van der Waals surface area contributed by atoms with Crippen LogP contribution in [0.4, 0.5) is 11.4 Å². The SMILES string of the molecule is Cc1ccc(C(=O)O)c(N=C2NC(=O)/C(=C/c3ccccc3[N+](=O)[O-])S2)c1. The summed E-state index contributed by atoms with van der Waals surface area (Å²) in [5.74, 6) is -1.58. The third-order valence-electron chi connectivity index (χ3n) is 3.68. The Kier molecular flexibility index (Phi) is 5.04. The van der Waals surface area contributed by atoms with Gasteiger partial charge in [0.15, 0.2) is 5.17 Å². The molecule has 0 atom stereocenters. The Morgan fingerprint density at radius 2 is 2.04 bits per heavy atom. The van der Waals surface area contributed by atoms with Gasteiger partial charge in [0.1, 0.15) is 0 Å². The van der Waals surface area contributed by atoms with Crippen molar-refractivity contribution in [2.24, 2.45) is 4.99 Å². The second-order valence-electron chi connectivity index (χ2n) is 5.62. The molecule has 3 rings (SSSR count). The van der Waals surface area contributed by atoms with Crippen molar-refractivity contribution in [3.8, 4) is 0 Å². The van der Waals surface area contributed by atoms with Gasteiger partial charge in [0.2, 0.25) is 0 Å². The molecule has 0 aromatic heterocycles. The fourth-order valence-corrected chi connectivity index (χ4v) is 3.25. The number of amidine groups is 1. The molecule has 1 aliphatic heterocycles. The van der Waals surface area contributed by atoms with Crippen LogP contribution in [-0.2, 0) is 4.79 Å². The maximum atomic E-state index is 12.2. The van der Waals surface area contributed by atoms with Gasteiger partial charge in [-0.2, -0.15) is 0 Å². The van der Waals surface area contributed by atoms with Gasteiger partial charge < -0.3 is 10.4 Å². The van der Waals surface area contributed by atoms with Gasteiger partial charge in [0, 0.05) is 6.07 Å². The van der Waals surface area contributed by atoms with Gasteiger partial charge in [0.25, 0.3) is 11.6 Å². The lowest BCUT2D eigenvalue weighted by Gasteiger charge is -2.03. The van der Waals surface area contributed by atoms with Crippen molar-refractivity contribution in [1.29, 1.82) is 0 Å². The van der Waals surface area contributed by atoms with Crippen LogP contribution in [0.3, 0.4) is 0 Å². The number of aryl methyl sites for hydroxylation is 1. The summed E-state index contributed by atoms with van der Waals surface area (Å²) in [6, 6.07) is 10.8. The highest BCUT2D eigenvalue weighted by molar-refractivity contribution is 8.18. The number of nitro groups is 1. The van der Waals surface area contributed by atoms with Crippen LogP contribution in [0.5, 0.6) is 0 Å². The van der Waals surface area contributed by atoms with Crippen molar-refractivity contribution in [2.45, 2.75) is 6.92 Å². The number of carbonyl (C=O) groups is 2. The van der Waals surface area contributed by atoms with Crippen LogP contribution in [0.1, 0.15) is 21.5 Å². The van der Waals surface area contributed by atoms with Gasteiger partial charge in [0.05, 0.1) is 26.6 Å². The first kappa shape index (κ1) is 18.3. The summed E-state index contributed by atoms with van der Waals surface area (Å²) >= 11 is 0.990. The highest BCUT2D eigenvalue weighted by Gasteiger charge is 2.25. The smallest absolute Gasteiger partial charge is 0.337 e. The molecule has 0 aliphatic carbocycles. The van der Waals surface area contributed by atoms with Gasteiger partial charge >= 0.3 is 5.97 Å². The first-order valence-corrected chi connectivity index (χ1v) is 8.54. The topological polar surface area (TPSA) is 122 Å². The molecular formula is C18H13N3O5S. The van der Waals surface area contributed by atoms with E-state index in [1.165, 1.54) is 24.3 Å². The number of hydrogen-bond donors (Lipinski definition) is 2. The minimum Gasteiger partial charge on any atom is -0.478 e. The molecule has 1 aliphatic rings. The number of aromatic carboxylic acids is 1. The van der Waals surface area contributed by atoms with Gasteiger partial charge in [-0.05, 0) is 48.5 Å². The summed E-state index contributed by atoms with van der Waals surface area (Å²) in [5, 5.41) is 23.1. The Balaban J connectivity index is 1.95. The number of benzene rings is 2. The average Bonchev–Trinajstić information content (AvgIpc) is 2.94. The molecule has 1 fully saturated rings. The minimum absolute atomic E-state index is 0.0130. The molecule has 2 aromatic carbocycles. The van der Waals surface area contributed by atoms with Gasteiger partial charge in [-0.3, -0.25) is 14.9 Å². The number of carboxylic acid groups (broad SMARTS) is 1. The monoisotopic (exact) mass is 383 g/mol. The number of hydrogen-bond acceptors (Lipinski definition) is 6. The van der Waals surface area contributed by atoms with E-state index in [1.807, 2.05) is 0 Å². The molecule has 0 saturated carbocycles. The summed E-state index contributed by atoms with van der Waals surface area (Å²) in [7, 11) is 0. The highest BCUT2D eigenvalue weighted by atomic mass is 32.2. The summed E-state index contributed by atoms with van der Waals surface area (Å²) < 4.78 is 0. The Bertz CT molecular complexity index is 1030. The van der Waals surface area contributed by atoms with Crippen molar-refractivity contribution in [3.63, 3.8) is 0 Å². The number of para-hydroxylation sites is 1. The quantitative estimate of drug-likeness (QED) is 0.473. The van der Waals surface area contributed by atoms with Crippen molar-refractivity contribution >= 4 is 46.3 Å². The van der Waals surface area contributed by atoms with E-state index in [0.29, 0.717) is 5.56 Å². The van der Waals surface area contributed by atoms with E-state index < -0.39 is 16.8 Å². The Labute approximate surface area is 157 Å². The summed E-state index contributed by atoms with van der Waals surface area (Å²) in [6.07, 6.45) is 1.41. The van der Waals surface area contributed by atoms with E-state index in [4.69, 9.17) is 0 Å². The van der Waals surface area contributed by atoms with Crippen LogP contribution in [0.2, 0.25) is 0 Å². The molecule has 0 spiro atoms. The van der Waals surface area contributed by atoms with Crippen LogP contribution in [0.15, 0.2) is 52.4 Å². The van der Waals surface area contributed by atoms with Crippen LogP contribution in [0, 0.1) is 17.0 Å². The molecular weight excluding hydrogens is 370 g/mol. The number of amides is 1. The van der Waals surface area contributed by atoms with E-state index >= 15 is 0 Å². The summed E-state index contributed by atoms with van der Waals surface area (Å²) in [6.45, 7) is 1.80. The van der Waals surface area contributed by atoms with E-state index in [0.717, 1.165) is 17.3 Å². The number of rotatable bonds is 4. The lowest BCUT2D eigenvalue weighted by Crippen LogP contribution is -2.19. The fourth-order valence-electron chi connectivity index (χ4n) is 2.42. The molecule has 2 N–H and O–H groups in total. The molecule has 0 radical (unpaired) electrons. The van der Waals surface area contributed by atoms with Crippen LogP contribution in [-0.4, -0.2) is 27.1 Å². The van der Waals surface area contributed by atoms with E-state index in [2.05, 4.69) is 10.3 Å². The van der Waals surface area contributed by atoms with E-state index in [-0.39, 0.29) is 27.0 Å². The number of carbonyl (C=O) groups excluding carboxylic acids is 1. The lowest BCUT2D eigenvalue weighted by atomic mass is 10.1. The number of aliphatic imine (C=N–C) groups is 1. The van der Waals surface area contributed by atoms with Crippen molar-refractivity contribution in [3.05, 3.63) is 74.2 Å².